The van der Waals surface area contributed by atoms with Crippen molar-refractivity contribution in [3.05, 3.63) is 30.3 Å². The molecule has 0 radical (unpaired) electrons. The van der Waals surface area contributed by atoms with Gasteiger partial charge in [-0.1, -0.05) is 19.8 Å². The van der Waals surface area contributed by atoms with E-state index in [0.717, 1.165) is 19.3 Å². The van der Waals surface area contributed by atoms with Gasteiger partial charge in [0.1, 0.15) is 18.8 Å². The van der Waals surface area contributed by atoms with Crippen LogP contribution in [0.5, 0.6) is 0 Å². The van der Waals surface area contributed by atoms with Gasteiger partial charge in [-0.25, -0.2) is 9.07 Å². The fraction of sp³-hybridized carbons (Fsp3) is 0.500. The van der Waals surface area contributed by atoms with Gasteiger partial charge in [0.25, 0.3) is 0 Å². The zero-order valence-electron chi connectivity index (χ0n) is 13.5. The summed E-state index contributed by atoms with van der Waals surface area (Å²) < 4.78 is 20.9. The molecule has 1 heterocycles. The Labute approximate surface area is 139 Å². The minimum absolute atomic E-state index is 0.0774. The average Bonchev–Trinajstić information content (AvgIpc) is 3.10. The predicted molar refractivity (Wildman–Crippen MR) is 85.1 cm³/mol. The monoisotopic (exact) mass is 333 g/mol. The van der Waals surface area contributed by atoms with Gasteiger partial charge in [-0.05, 0) is 47.4 Å². The number of anilines is 1. The van der Waals surface area contributed by atoms with Crippen molar-refractivity contribution in [2.45, 2.75) is 38.7 Å². The molecule has 2 aromatic rings. The number of tetrazole rings is 1. The molecule has 0 unspecified atom stereocenters. The number of nitrogens with zero attached hydrogens (tertiary/aromatic N) is 4. The van der Waals surface area contributed by atoms with Crippen molar-refractivity contribution in [2.24, 2.45) is 5.92 Å². The molecule has 0 spiro atoms. The van der Waals surface area contributed by atoms with E-state index in [1.54, 1.807) is 0 Å². The molecule has 1 aliphatic carbocycles. The van der Waals surface area contributed by atoms with Crippen LogP contribution in [0.25, 0.3) is 5.69 Å². The van der Waals surface area contributed by atoms with Gasteiger partial charge >= 0.3 is 0 Å². The lowest BCUT2D eigenvalue weighted by Gasteiger charge is -2.26. The first-order chi connectivity index (χ1) is 11.6. The lowest BCUT2D eigenvalue weighted by atomic mass is 9.89. The minimum atomic E-state index is -0.522. The highest BCUT2D eigenvalue weighted by Crippen LogP contribution is 2.25. The first kappa shape index (κ1) is 16.5. The number of carbonyl (C=O) groups excluding carboxylic acids is 1. The summed E-state index contributed by atoms with van der Waals surface area (Å²) in [4.78, 5) is 12.0. The number of nitrogens with one attached hydrogen (secondary N) is 1. The highest BCUT2D eigenvalue weighted by molar-refractivity contribution is 5.92. The highest BCUT2D eigenvalue weighted by Gasteiger charge is 2.20. The van der Waals surface area contributed by atoms with Gasteiger partial charge in [0.15, 0.2) is 0 Å². The molecule has 0 aliphatic heterocycles. The number of aromatic nitrogens is 4. The van der Waals surface area contributed by atoms with Gasteiger partial charge in [0.2, 0.25) is 5.91 Å². The lowest BCUT2D eigenvalue weighted by molar-refractivity contribution is -0.123. The number of rotatable bonds is 5. The largest absolute Gasteiger partial charge is 0.368 e. The Bertz CT molecular complexity index is 692. The number of ether oxygens (including phenoxy) is 1. The Balaban J connectivity index is 1.58. The second kappa shape index (κ2) is 7.48. The third-order valence-electron chi connectivity index (χ3n) is 4.18. The van der Waals surface area contributed by atoms with Crippen LogP contribution in [-0.2, 0) is 9.53 Å². The van der Waals surface area contributed by atoms with Gasteiger partial charge < -0.3 is 10.1 Å². The molecule has 1 aromatic heterocycles. The first-order valence-corrected chi connectivity index (χ1v) is 8.06. The third kappa shape index (κ3) is 4.14. The molecule has 1 amide bonds. The summed E-state index contributed by atoms with van der Waals surface area (Å²) in [7, 11) is 0. The van der Waals surface area contributed by atoms with Crippen molar-refractivity contribution in [3.8, 4) is 5.69 Å². The van der Waals surface area contributed by atoms with Gasteiger partial charge in [0, 0.05) is 0 Å². The molecule has 2 atom stereocenters. The molecule has 24 heavy (non-hydrogen) atoms. The van der Waals surface area contributed by atoms with E-state index in [9.17, 15) is 9.18 Å². The van der Waals surface area contributed by atoms with Crippen molar-refractivity contribution >= 4 is 11.6 Å². The normalized spacial score (nSPS) is 20.8. The number of halogens is 1. The summed E-state index contributed by atoms with van der Waals surface area (Å²) in [5.74, 6) is -0.273. The highest BCUT2D eigenvalue weighted by atomic mass is 19.1. The number of carbonyl (C=O) groups is 1. The van der Waals surface area contributed by atoms with Crippen LogP contribution < -0.4 is 5.32 Å². The Morgan fingerprint density at radius 3 is 3.08 bits per heavy atom. The predicted octanol–water partition coefficient (Wildman–Crippen LogP) is 2.34. The molecule has 128 valence electrons. The summed E-state index contributed by atoms with van der Waals surface area (Å²) in [5, 5.41) is 13.3. The quantitative estimate of drug-likeness (QED) is 0.908. The summed E-state index contributed by atoms with van der Waals surface area (Å²) in [6, 6.07) is 4.27. The Hall–Kier alpha value is -2.35. The molecule has 1 saturated carbocycles. The number of amides is 1. The minimum Gasteiger partial charge on any atom is -0.368 e. The first-order valence-electron chi connectivity index (χ1n) is 8.06. The summed E-state index contributed by atoms with van der Waals surface area (Å²) >= 11 is 0. The molecule has 7 nitrogen and oxygen atoms in total. The Morgan fingerprint density at radius 1 is 1.46 bits per heavy atom. The summed E-state index contributed by atoms with van der Waals surface area (Å²) in [6.07, 6.45) is 5.78. The van der Waals surface area contributed by atoms with Crippen molar-refractivity contribution in [1.82, 2.24) is 20.2 Å². The lowest BCUT2D eigenvalue weighted by Crippen LogP contribution is -2.27. The molecular weight excluding hydrogens is 313 g/mol. The third-order valence-corrected chi connectivity index (χ3v) is 4.18. The average molecular weight is 333 g/mol. The number of benzene rings is 1. The van der Waals surface area contributed by atoms with Crippen LogP contribution in [-0.4, -0.2) is 38.8 Å². The van der Waals surface area contributed by atoms with Crippen LogP contribution in [0.4, 0.5) is 10.1 Å². The van der Waals surface area contributed by atoms with E-state index >= 15 is 0 Å². The van der Waals surface area contributed by atoms with Crippen LogP contribution in [0.3, 0.4) is 0 Å². The molecule has 1 aliphatic rings. The van der Waals surface area contributed by atoms with Crippen LogP contribution >= 0.6 is 0 Å². The SMILES string of the molecule is C[C@H]1CCC[C@H](OCC(=O)Nc2cc(-n3cnnn3)ccc2F)C1. The smallest absolute Gasteiger partial charge is 0.250 e. The molecule has 1 N–H and O–H groups in total. The fourth-order valence-electron chi connectivity index (χ4n) is 2.94. The van der Waals surface area contributed by atoms with E-state index in [2.05, 4.69) is 27.8 Å². The summed E-state index contributed by atoms with van der Waals surface area (Å²) in [5.41, 5.74) is 0.632. The zero-order valence-corrected chi connectivity index (χ0v) is 13.5. The standard InChI is InChI=1S/C16H20FN5O2/c1-11-3-2-4-13(7-11)24-9-16(23)19-15-8-12(5-6-14(15)17)22-10-18-20-21-22/h5-6,8,10-11,13H,2-4,7,9H2,1H3,(H,19,23)/t11-,13-/m0/s1. The number of hydrogen-bond acceptors (Lipinski definition) is 5. The van der Waals surface area contributed by atoms with Gasteiger partial charge in [-0.2, -0.15) is 0 Å². The van der Waals surface area contributed by atoms with Gasteiger partial charge in [-0.15, -0.1) is 5.10 Å². The molecule has 0 bridgehead atoms. The topological polar surface area (TPSA) is 81.9 Å². The van der Waals surface area contributed by atoms with E-state index < -0.39 is 5.82 Å². The molecule has 8 heteroatoms. The molecular formula is C16H20FN5O2. The van der Waals surface area contributed by atoms with E-state index in [0.29, 0.717) is 11.6 Å². The van der Waals surface area contributed by atoms with Crippen molar-refractivity contribution < 1.29 is 13.9 Å². The number of hydrogen-bond donors (Lipinski definition) is 1. The van der Waals surface area contributed by atoms with Gasteiger partial charge in [-0.3, -0.25) is 4.79 Å². The second-order valence-corrected chi connectivity index (χ2v) is 6.17. The Morgan fingerprint density at radius 2 is 2.33 bits per heavy atom. The van der Waals surface area contributed by atoms with E-state index in [4.69, 9.17) is 4.74 Å². The zero-order chi connectivity index (χ0) is 16.9. The van der Waals surface area contributed by atoms with Gasteiger partial charge in [0.05, 0.1) is 17.5 Å². The van der Waals surface area contributed by atoms with Crippen LogP contribution in [0, 0.1) is 11.7 Å². The van der Waals surface area contributed by atoms with Crippen LogP contribution in [0.2, 0.25) is 0 Å². The summed E-state index contributed by atoms with van der Waals surface area (Å²) in [6.45, 7) is 2.11. The second-order valence-electron chi connectivity index (χ2n) is 6.17. The van der Waals surface area contributed by atoms with E-state index in [-0.39, 0.29) is 24.3 Å². The van der Waals surface area contributed by atoms with Crippen molar-refractivity contribution in [1.29, 1.82) is 0 Å². The molecule has 0 saturated heterocycles. The van der Waals surface area contributed by atoms with Crippen LogP contribution in [0.15, 0.2) is 24.5 Å². The van der Waals surface area contributed by atoms with Crippen molar-refractivity contribution in [3.63, 3.8) is 0 Å². The van der Waals surface area contributed by atoms with E-state index in [1.165, 1.54) is 35.6 Å². The van der Waals surface area contributed by atoms with E-state index in [1.807, 2.05) is 0 Å². The molecule has 1 fully saturated rings. The Kier molecular flexibility index (Phi) is 5.14. The maximum absolute atomic E-state index is 13.9. The van der Waals surface area contributed by atoms with Crippen molar-refractivity contribution in [2.75, 3.05) is 11.9 Å². The van der Waals surface area contributed by atoms with Crippen LogP contribution in [0.1, 0.15) is 32.6 Å². The molecule has 1 aromatic carbocycles. The fourth-order valence-corrected chi connectivity index (χ4v) is 2.94. The maximum Gasteiger partial charge on any atom is 0.250 e. The molecule has 3 rings (SSSR count). The maximum atomic E-state index is 13.9.